The van der Waals surface area contributed by atoms with Gasteiger partial charge in [-0.3, -0.25) is 14.4 Å². The molecule has 9 heteroatoms. The molecule has 0 aliphatic carbocycles. The molecule has 2 aromatic carbocycles. The molecule has 0 N–H and O–H groups in total. The largest absolute Gasteiger partial charge is 0.459 e. The Labute approximate surface area is 216 Å². The van der Waals surface area contributed by atoms with Gasteiger partial charge in [-0.25, -0.2) is 0 Å². The molecule has 36 heavy (non-hydrogen) atoms. The standard InChI is InChI=1S/C27H32ClN5O3/c1-16(2)33-22-12-11-18(13-21(22)24(28)30-33)26-29-25(31-36-26)20-10-8-9-19(17(20)3)14-32(7)15-23(34)35-27(4,5)6/h8-13,16H,14-15H2,1-7H3. The van der Waals surface area contributed by atoms with Gasteiger partial charge in [-0.05, 0) is 77.9 Å². The van der Waals surface area contributed by atoms with Crippen molar-refractivity contribution in [2.75, 3.05) is 13.6 Å². The van der Waals surface area contributed by atoms with Crippen LogP contribution in [0.2, 0.25) is 5.15 Å². The zero-order chi connectivity index (χ0) is 26.2. The van der Waals surface area contributed by atoms with Gasteiger partial charge in [0.2, 0.25) is 5.82 Å². The molecule has 0 fully saturated rings. The number of hydrogen-bond donors (Lipinski definition) is 0. The number of nitrogens with zero attached hydrogens (tertiary/aromatic N) is 5. The Morgan fingerprint density at radius 3 is 2.67 bits per heavy atom. The number of benzene rings is 2. The van der Waals surface area contributed by atoms with Gasteiger partial charge in [0.1, 0.15) is 5.60 Å². The minimum absolute atomic E-state index is 0.194. The van der Waals surface area contributed by atoms with Crippen LogP contribution in [0.5, 0.6) is 0 Å². The third kappa shape index (κ3) is 5.60. The van der Waals surface area contributed by atoms with E-state index in [1.54, 1.807) is 0 Å². The second-order valence-corrected chi connectivity index (χ2v) is 10.7. The highest BCUT2D eigenvalue weighted by Gasteiger charge is 2.20. The molecule has 0 bridgehead atoms. The van der Waals surface area contributed by atoms with Crippen LogP contribution >= 0.6 is 11.6 Å². The number of halogens is 1. The fourth-order valence-corrected chi connectivity index (χ4v) is 4.35. The van der Waals surface area contributed by atoms with E-state index in [4.69, 9.17) is 20.9 Å². The van der Waals surface area contributed by atoms with Crippen LogP contribution < -0.4 is 0 Å². The Bertz CT molecular complexity index is 1400. The van der Waals surface area contributed by atoms with E-state index in [1.165, 1.54) is 0 Å². The van der Waals surface area contributed by atoms with Gasteiger partial charge in [-0.15, -0.1) is 0 Å². The first-order valence-electron chi connectivity index (χ1n) is 11.9. The molecule has 0 amide bonds. The van der Waals surface area contributed by atoms with Gasteiger partial charge in [-0.1, -0.05) is 35.0 Å². The lowest BCUT2D eigenvalue weighted by molar-refractivity contribution is -0.155. The first kappa shape index (κ1) is 25.9. The molecule has 0 radical (unpaired) electrons. The highest BCUT2D eigenvalue weighted by molar-refractivity contribution is 6.34. The number of aromatic nitrogens is 4. The predicted octanol–water partition coefficient (Wildman–Crippen LogP) is 6.07. The second-order valence-electron chi connectivity index (χ2n) is 10.3. The van der Waals surface area contributed by atoms with Crippen LogP contribution in [0.3, 0.4) is 0 Å². The zero-order valence-electron chi connectivity index (χ0n) is 21.8. The fraction of sp³-hybridized carbons (Fsp3) is 0.407. The maximum absolute atomic E-state index is 12.2. The molecule has 8 nitrogen and oxygen atoms in total. The molecule has 190 valence electrons. The molecule has 0 aliphatic heterocycles. The molecule has 0 aliphatic rings. The van der Waals surface area contributed by atoms with Gasteiger partial charge in [0.15, 0.2) is 5.15 Å². The molecule has 4 aromatic rings. The van der Waals surface area contributed by atoms with Crippen molar-refractivity contribution in [1.82, 2.24) is 24.8 Å². The Kier molecular flexibility index (Phi) is 7.20. The van der Waals surface area contributed by atoms with Crippen molar-refractivity contribution in [3.8, 4) is 22.8 Å². The van der Waals surface area contributed by atoms with E-state index in [2.05, 4.69) is 29.1 Å². The summed E-state index contributed by atoms with van der Waals surface area (Å²) in [6, 6.07) is 12.0. The SMILES string of the molecule is Cc1c(CN(C)CC(=O)OC(C)(C)C)cccc1-c1noc(-c2ccc3c(c2)c(Cl)nn3C(C)C)n1. The molecule has 0 spiro atoms. The number of hydrogen-bond acceptors (Lipinski definition) is 7. The lowest BCUT2D eigenvalue weighted by Gasteiger charge is -2.23. The summed E-state index contributed by atoms with van der Waals surface area (Å²) in [5, 5.41) is 9.97. The smallest absolute Gasteiger partial charge is 0.320 e. The van der Waals surface area contributed by atoms with Gasteiger partial charge in [0.05, 0.1) is 12.1 Å². The Balaban J connectivity index is 1.55. The lowest BCUT2D eigenvalue weighted by Crippen LogP contribution is -2.32. The molecule has 0 unspecified atom stereocenters. The predicted molar refractivity (Wildman–Crippen MR) is 141 cm³/mol. The molecule has 2 aromatic heterocycles. The first-order chi connectivity index (χ1) is 16.9. The molecule has 0 atom stereocenters. The van der Waals surface area contributed by atoms with Crippen molar-refractivity contribution in [3.05, 3.63) is 52.7 Å². The van der Waals surface area contributed by atoms with Crippen molar-refractivity contribution >= 4 is 28.5 Å². The van der Waals surface area contributed by atoms with Crippen LogP contribution in [0.25, 0.3) is 33.7 Å². The van der Waals surface area contributed by atoms with Gasteiger partial charge in [-0.2, -0.15) is 10.1 Å². The third-order valence-corrected chi connectivity index (χ3v) is 6.05. The fourth-order valence-electron chi connectivity index (χ4n) is 4.12. The van der Waals surface area contributed by atoms with E-state index >= 15 is 0 Å². The zero-order valence-corrected chi connectivity index (χ0v) is 22.6. The number of likely N-dealkylation sites (N-methyl/N-ethyl adjacent to an activating group) is 1. The number of carbonyl (C=O) groups excluding carboxylic acids is 1. The maximum atomic E-state index is 12.2. The van der Waals surface area contributed by atoms with Crippen molar-refractivity contribution < 1.29 is 14.1 Å². The highest BCUT2D eigenvalue weighted by atomic mass is 35.5. The summed E-state index contributed by atoms with van der Waals surface area (Å²) >= 11 is 6.39. The molecule has 0 saturated heterocycles. The minimum Gasteiger partial charge on any atom is -0.459 e. The Hall–Kier alpha value is -3.23. The molecule has 4 rings (SSSR count). The van der Waals surface area contributed by atoms with E-state index in [0.29, 0.717) is 23.4 Å². The topological polar surface area (TPSA) is 86.3 Å². The molecular formula is C27H32ClN5O3. The van der Waals surface area contributed by atoms with Crippen LogP contribution in [0.1, 0.15) is 51.8 Å². The van der Waals surface area contributed by atoms with Crippen molar-refractivity contribution in [1.29, 1.82) is 0 Å². The Morgan fingerprint density at radius 1 is 1.22 bits per heavy atom. The van der Waals surface area contributed by atoms with Crippen LogP contribution in [0.15, 0.2) is 40.9 Å². The number of carbonyl (C=O) groups is 1. The van der Waals surface area contributed by atoms with E-state index in [0.717, 1.165) is 33.2 Å². The van der Waals surface area contributed by atoms with E-state index < -0.39 is 5.60 Å². The van der Waals surface area contributed by atoms with E-state index in [1.807, 2.05) is 80.7 Å². The Morgan fingerprint density at radius 2 is 1.97 bits per heavy atom. The monoisotopic (exact) mass is 509 g/mol. The number of esters is 1. The van der Waals surface area contributed by atoms with Crippen molar-refractivity contribution in [2.45, 2.75) is 59.7 Å². The number of fused-ring (bicyclic) bond motifs is 1. The number of rotatable bonds is 7. The van der Waals surface area contributed by atoms with Crippen molar-refractivity contribution in [3.63, 3.8) is 0 Å². The summed E-state index contributed by atoms with van der Waals surface area (Å²) in [6.07, 6.45) is 0. The normalized spacial score (nSPS) is 12.2. The van der Waals surface area contributed by atoms with Gasteiger partial charge in [0.25, 0.3) is 5.89 Å². The van der Waals surface area contributed by atoms with Crippen LogP contribution in [-0.4, -0.2) is 50.0 Å². The van der Waals surface area contributed by atoms with E-state index in [9.17, 15) is 4.79 Å². The maximum Gasteiger partial charge on any atom is 0.320 e. The molecule has 2 heterocycles. The minimum atomic E-state index is -0.505. The summed E-state index contributed by atoms with van der Waals surface area (Å²) in [6.45, 7) is 12.5. The second kappa shape index (κ2) is 10.0. The van der Waals surface area contributed by atoms with Gasteiger partial charge < -0.3 is 9.26 Å². The lowest BCUT2D eigenvalue weighted by atomic mass is 10.0. The van der Waals surface area contributed by atoms with Crippen LogP contribution in [0.4, 0.5) is 0 Å². The van der Waals surface area contributed by atoms with Crippen LogP contribution in [-0.2, 0) is 16.1 Å². The summed E-state index contributed by atoms with van der Waals surface area (Å²) in [7, 11) is 1.89. The average Bonchev–Trinajstić information content (AvgIpc) is 3.39. The van der Waals surface area contributed by atoms with Gasteiger partial charge >= 0.3 is 5.97 Å². The summed E-state index contributed by atoms with van der Waals surface area (Å²) in [4.78, 5) is 18.8. The molecular weight excluding hydrogens is 478 g/mol. The third-order valence-electron chi connectivity index (χ3n) is 5.77. The summed E-state index contributed by atoms with van der Waals surface area (Å²) < 4.78 is 13.0. The average molecular weight is 510 g/mol. The molecule has 0 saturated carbocycles. The summed E-state index contributed by atoms with van der Waals surface area (Å²) in [5.74, 6) is 0.660. The first-order valence-corrected chi connectivity index (χ1v) is 12.3. The number of ether oxygens (including phenoxy) is 1. The van der Waals surface area contributed by atoms with E-state index in [-0.39, 0.29) is 18.6 Å². The summed E-state index contributed by atoms with van der Waals surface area (Å²) in [5.41, 5.74) is 4.20. The quantitative estimate of drug-likeness (QED) is 0.279. The van der Waals surface area contributed by atoms with Crippen LogP contribution in [0, 0.1) is 6.92 Å². The van der Waals surface area contributed by atoms with Gasteiger partial charge in [0, 0.05) is 29.1 Å². The van der Waals surface area contributed by atoms with Crippen molar-refractivity contribution in [2.24, 2.45) is 0 Å². The highest BCUT2D eigenvalue weighted by Crippen LogP contribution is 2.31.